The molecule has 0 amide bonds. The summed E-state index contributed by atoms with van der Waals surface area (Å²) in [6.45, 7) is -0.414. The smallest absolute Gasteiger partial charge is 0.401 e. The number of alkyl halides is 3. The van der Waals surface area contributed by atoms with Crippen LogP contribution in [0.3, 0.4) is 0 Å². The van der Waals surface area contributed by atoms with Crippen molar-refractivity contribution in [3.8, 4) is 0 Å². The van der Waals surface area contributed by atoms with Gasteiger partial charge in [0.05, 0.1) is 19.4 Å². The predicted molar refractivity (Wildman–Crippen MR) is 56.1 cm³/mol. The highest BCUT2D eigenvalue weighted by Gasteiger charge is 2.38. The van der Waals surface area contributed by atoms with Crippen molar-refractivity contribution in [3.05, 3.63) is 23.7 Å². The molecule has 0 atom stereocenters. The molecule has 0 spiro atoms. The summed E-state index contributed by atoms with van der Waals surface area (Å²) in [4.78, 5) is 1.41. The molecule has 2 rings (SSSR count). The molecule has 6 heteroatoms. The molecule has 0 radical (unpaired) electrons. The Morgan fingerprint density at radius 2 is 2.12 bits per heavy atom. The maximum Gasteiger partial charge on any atom is 0.401 e. The van der Waals surface area contributed by atoms with Gasteiger partial charge in [-0.3, -0.25) is 4.90 Å². The number of halogens is 3. The molecular formula is C11H15F3N2O. The first-order chi connectivity index (χ1) is 7.99. The monoisotopic (exact) mass is 248 g/mol. The van der Waals surface area contributed by atoms with Crippen molar-refractivity contribution in [1.82, 2.24) is 4.90 Å². The molecule has 3 nitrogen and oxygen atoms in total. The first kappa shape index (κ1) is 12.4. The van der Waals surface area contributed by atoms with Gasteiger partial charge in [0.15, 0.2) is 0 Å². The van der Waals surface area contributed by atoms with Crippen LogP contribution in [0.1, 0.15) is 24.2 Å². The first-order valence-corrected chi connectivity index (χ1v) is 5.55. The van der Waals surface area contributed by atoms with Gasteiger partial charge in [0.1, 0.15) is 5.76 Å². The van der Waals surface area contributed by atoms with E-state index in [-0.39, 0.29) is 19.1 Å². The van der Waals surface area contributed by atoms with E-state index in [1.165, 1.54) is 11.2 Å². The Morgan fingerprint density at radius 1 is 1.41 bits per heavy atom. The van der Waals surface area contributed by atoms with Gasteiger partial charge in [-0.2, -0.15) is 13.2 Å². The summed E-state index contributed by atoms with van der Waals surface area (Å²) in [6, 6.07) is 1.74. The molecule has 0 saturated heterocycles. The summed E-state index contributed by atoms with van der Waals surface area (Å²) in [5.74, 6) is 0.545. The fourth-order valence-corrected chi connectivity index (χ4v) is 1.86. The van der Waals surface area contributed by atoms with Gasteiger partial charge in [-0.15, -0.1) is 0 Å². The number of hydrogen-bond donors (Lipinski definition) is 1. The van der Waals surface area contributed by atoms with E-state index in [9.17, 15) is 13.2 Å². The van der Waals surface area contributed by atoms with E-state index < -0.39 is 12.7 Å². The Bertz CT molecular complexity index is 371. The molecular weight excluding hydrogens is 233 g/mol. The van der Waals surface area contributed by atoms with Gasteiger partial charge in [0, 0.05) is 18.2 Å². The van der Waals surface area contributed by atoms with E-state index in [0.29, 0.717) is 5.76 Å². The van der Waals surface area contributed by atoms with Gasteiger partial charge in [-0.1, -0.05) is 0 Å². The second-order valence-corrected chi connectivity index (χ2v) is 4.32. The highest BCUT2D eigenvalue weighted by molar-refractivity contribution is 5.16. The van der Waals surface area contributed by atoms with Gasteiger partial charge in [0.2, 0.25) is 0 Å². The fourth-order valence-electron chi connectivity index (χ4n) is 1.86. The lowest BCUT2D eigenvalue weighted by Gasteiger charge is -2.22. The summed E-state index contributed by atoms with van der Waals surface area (Å²) in [5, 5.41) is 0. The molecule has 2 N–H and O–H groups in total. The lowest BCUT2D eigenvalue weighted by molar-refractivity contribution is -0.148. The zero-order chi connectivity index (χ0) is 12.5. The molecule has 0 aromatic carbocycles. The van der Waals surface area contributed by atoms with Crippen molar-refractivity contribution in [2.24, 2.45) is 5.73 Å². The molecule has 1 saturated carbocycles. The molecule has 1 heterocycles. The zero-order valence-electron chi connectivity index (χ0n) is 9.33. The van der Waals surface area contributed by atoms with Crippen molar-refractivity contribution in [2.75, 3.05) is 6.54 Å². The van der Waals surface area contributed by atoms with Crippen LogP contribution in [0.4, 0.5) is 13.2 Å². The second-order valence-electron chi connectivity index (χ2n) is 4.32. The third kappa shape index (κ3) is 3.47. The van der Waals surface area contributed by atoms with E-state index in [0.717, 1.165) is 18.4 Å². The second kappa shape index (κ2) is 4.70. The summed E-state index contributed by atoms with van der Waals surface area (Å²) in [5.41, 5.74) is 6.26. The van der Waals surface area contributed by atoms with E-state index in [1.807, 2.05) is 0 Å². The average molecular weight is 248 g/mol. The van der Waals surface area contributed by atoms with Gasteiger partial charge in [-0.25, -0.2) is 0 Å². The van der Waals surface area contributed by atoms with Crippen molar-refractivity contribution in [1.29, 1.82) is 0 Å². The van der Waals surface area contributed by atoms with Crippen molar-refractivity contribution < 1.29 is 17.6 Å². The third-order valence-corrected chi connectivity index (χ3v) is 2.85. The van der Waals surface area contributed by atoms with Crippen molar-refractivity contribution >= 4 is 0 Å². The molecule has 0 unspecified atom stereocenters. The van der Waals surface area contributed by atoms with Crippen LogP contribution in [0, 0.1) is 0 Å². The molecule has 1 aromatic rings. The standard InChI is InChI=1S/C11H15F3N2O/c12-11(13,14)7-16(9-1-2-9)6-10-8(5-15)3-4-17-10/h3-4,9H,1-2,5-7,15H2. The van der Waals surface area contributed by atoms with Gasteiger partial charge in [0.25, 0.3) is 0 Å². The van der Waals surface area contributed by atoms with Crippen LogP contribution in [-0.4, -0.2) is 23.7 Å². The summed E-state index contributed by atoms with van der Waals surface area (Å²) < 4.78 is 42.4. The van der Waals surface area contributed by atoms with Gasteiger partial charge < -0.3 is 10.2 Å². The lowest BCUT2D eigenvalue weighted by atomic mass is 10.2. The van der Waals surface area contributed by atoms with E-state index in [1.54, 1.807) is 6.07 Å². The van der Waals surface area contributed by atoms with E-state index >= 15 is 0 Å². The molecule has 0 aliphatic heterocycles. The average Bonchev–Trinajstić information content (AvgIpc) is 2.97. The Morgan fingerprint density at radius 3 is 2.65 bits per heavy atom. The van der Waals surface area contributed by atoms with Crippen LogP contribution < -0.4 is 5.73 Å². The molecule has 0 bridgehead atoms. The fraction of sp³-hybridized carbons (Fsp3) is 0.636. The quantitative estimate of drug-likeness (QED) is 0.869. The molecule has 1 aliphatic rings. The maximum atomic E-state index is 12.4. The van der Waals surface area contributed by atoms with Crippen LogP contribution in [0.5, 0.6) is 0 Å². The summed E-state index contributed by atoms with van der Waals surface area (Å²) >= 11 is 0. The van der Waals surface area contributed by atoms with Crippen molar-refractivity contribution in [2.45, 2.75) is 38.1 Å². The number of hydrogen-bond acceptors (Lipinski definition) is 3. The summed E-state index contributed by atoms with van der Waals surface area (Å²) in [6.07, 6.45) is -1.04. The van der Waals surface area contributed by atoms with E-state index in [2.05, 4.69) is 0 Å². The molecule has 1 aromatic heterocycles. The number of furan rings is 1. The minimum atomic E-state index is -4.17. The number of nitrogens with zero attached hydrogens (tertiary/aromatic N) is 1. The minimum absolute atomic E-state index is 0.0346. The topological polar surface area (TPSA) is 42.4 Å². The SMILES string of the molecule is NCc1ccoc1CN(CC(F)(F)F)C1CC1. The normalized spacial score (nSPS) is 16.8. The van der Waals surface area contributed by atoms with Gasteiger partial charge in [-0.05, 0) is 18.9 Å². The lowest BCUT2D eigenvalue weighted by Crippen LogP contribution is -2.35. The predicted octanol–water partition coefficient (Wildman–Crippen LogP) is 2.27. The van der Waals surface area contributed by atoms with Crippen LogP contribution in [0.2, 0.25) is 0 Å². The minimum Gasteiger partial charge on any atom is -0.468 e. The zero-order valence-corrected chi connectivity index (χ0v) is 9.33. The Balaban J connectivity index is 2.02. The molecule has 1 aliphatic carbocycles. The van der Waals surface area contributed by atoms with Crippen LogP contribution in [0.15, 0.2) is 16.7 Å². The largest absolute Gasteiger partial charge is 0.468 e. The van der Waals surface area contributed by atoms with E-state index in [4.69, 9.17) is 10.2 Å². The first-order valence-electron chi connectivity index (χ1n) is 5.55. The highest BCUT2D eigenvalue weighted by Crippen LogP contribution is 2.31. The summed E-state index contributed by atoms with van der Waals surface area (Å²) in [7, 11) is 0. The van der Waals surface area contributed by atoms with Crippen LogP contribution >= 0.6 is 0 Å². The van der Waals surface area contributed by atoms with Gasteiger partial charge >= 0.3 is 6.18 Å². The highest BCUT2D eigenvalue weighted by atomic mass is 19.4. The molecule has 1 fully saturated rings. The maximum absolute atomic E-state index is 12.4. The van der Waals surface area contributed by atoms with Crippen LogP contribution in [0.25, 0.3) is 0 Å². The van der Waals surface area contributed by atoms with Crippen molar-refractivity contribution in [3.63, 3.8) is 0 Å². The molecule has 17 heavy (non-hydrogen) atoms. The number of rotatable bonds is 5. The molecule has 96 valence electrons. The Labute approximate surface area is 97.4 Å². The van der Waals surface area contributed by atoms with Crippen LogP contribution in [-0.2, 0) is 13.1 Å². The third-order valence-electron chi connectivity index (χ3n) is 2.85. The Hall–Kier alpha value is -1.01. The number of nitrogens with two attached hydrogens (primary N) is 1. The Kier molecular flexibility index (Phi) is 3.44.